The van der Waals surface area contributed by atoms with E-state index >= 15 is 0 Å². The largest absolute Gasteiger partial charge is 0.462 e. The van der Waals surface area contributed by atoms with Gasteiger partial charge < -0.3 is 15.4 Å². The van der Waals surface area contributed by atoms with Gasteiger partial charge in [-0.05, 0) is 43.9 Å². The van der Waals surface area contributed by atoms with Crippen molar-refractivity contribution in [2.75, 3.05) is 30.8 Å². The lowest BCUT2D eigenvalue weighted by molar-refractivity contribution is 0.0526. The van der Waals surface area contributed by atoms with Crippen molar-refractivity contribution in [3.05, 3.63) is 23.8 Å². The Morgan fingerprint density at radius 3 is 2.67 bits per heavy atom. The molecule has 0 atom stereocenters. The molecule has 4 nitrogen and oxygen atoms in total. The monoisotopic (exact) mass is 290 g/mol. The van der Waals surface area contributed by atoms with Crippen LogP contribution in [0.25, 0.3) is 0 Å². The van der Waals surface area contributed by atoms with Gasteiger partial charge in [0.2, 0.25) is 0 Å². The SMILES string of the molecule is CCOC(=O)c1ccc(N(C)CC2CCCCC2)c(N)c1. The van der Waals surface area contributed by atoms with Crippen molar-refractivity contribution < 1.29 is 9.53 Å². The minimum atomic E-state index is -0.314. The summed E-state index contributed by atoms with van der Waals surface area (Å²) >= 11 is 0. The number of benzene rings is 1. The zero-order valence-electron chi connectivity index (χ0n) is 13.1. The lowest BCUT2D eigenvalue weighted by atomic mass is 9.89. The molecule has 0 bridgehead atoms. The van der Waals surface area contributed by atoms with Gasteiger partial charge in [0.1, 0.15) is 0 Å². The molecule has 116 valence electrons. The van der Waals surface area contributed by atoms with Crippen molar-refractivity contribution in [1.29, 1.82) is 0 Å². The molecule has 2 rings (SSSR count). The third kappa shape index (κ3) is 4.13. The Morgan fingerprint density at radius 2 is 2.05 bits per heavy atom. The second-order valence-electron chi connectivity index (χ2n) is 5.88. The van der Waals surface area contributed by atoms with E-state index in [0.717, 1.165) is 18.2 Å². The summed E-state index contributed by atoms with van der Waals surface area (Å²) in [4.78, 5) is 13.9. The number of esters is 1. The van der Waals surface area contributed by atoms with Crippen LogP contribution in [0.3, 0.4) is 0 Å². The number of carbonyl (C=O) groups excluding carboxylic acids is 1. The highest BCUT2D eigenvalue weighted by Crippen LogP contribution is 2.28. The highest BCUT2D eigenvalue weighted by Gasteiger charge is 2.17. The van der Waals surface area contributed by atoms with Crippen LogP contribution in [-0.2, 0) is 4.74 Å². The van der Waals surface area contributed by atoms with Crippen LogP contribution in [0.15, 0.2) is 18.2 Å². The molecule has 0 unspecified atom stereocenters. The molecule has 1 saturated carbocycles. The van der Waals surface area contributed by atoms with Crippen LogP contribution in [0.1, 0.15) is 49.4 Å². The molecule has 1 aromatic carbocycles. The van der Waals surface area contributed by atoms with Gasteiger partial charge in [0.05, 0.1) is 23.5 Å². The van der Waals surface area contributed by atoms with Gasteiger partial charge in [-0.25, -0.2) is 4.79 Å². The van der Waals surface area contributed by atoms with Crippen molar-refractivity contribution in [2.45, 2.75) is 39.0 Å². The van der Waals surface area contributed by atoms with E-state index < -0.39 is 0 Å². The van der Waals surface area contributed by atoms with E-state index in [0.29, 0.717) is 17.9 Å². The Labute approximate surface area is 127 Å². The van der Waals surface area contributed by atoms with Crippen LogP contribution in [0.2, 0.25) is 0 Å². The second kappa shape index (κ2) is 7.34. The predicted molar refractivity (Wildman–Crippen MR) is 86.7 cm³/mol. The Balaban J connectivity index is 2.03. The van der Waals surface area contributed by atoms with Crippen molar-refractivity contribution in [3.63, 3.8) is 0 Å². The fourth-order valence-corrected chi connectivity index (χ4v) is 3.10. The lowest BCUT2D eigenvalue weighted by Crippen LogP contribution is -2.27. The predicted octanol–water partition coefficient (Wildman–Crippen LogP) is 3.46. The number of carbonyl (C=O) groups is 1. The molecule has 1 aromatic rings. The number of hydrogen-bond acceptors (Lipinski definition) is 4. The Kier molecular flexibility index (Phi) is 5.48. The Bertz CT molecular complexity index is 482. The molecule has 0 heterocycles. The molecule has 0 aromatic heterocycles. The van der Waals surface area contributed by atoms with E-state index in [-0.39, 0.29) is 5.97 Å². The van der Waals surface area contributed by atoms with Crippen molar-refractivity contribution >= 4 is 17.3 Å². The maximum absolute atomic E-state index is 11.7. The first kappa shape index (κ1) is 15.7. The Hall–Kier alpha value is -1.71. The van der Waals surface area contributed by atoms with E-state index in [1.807, 2.05) is 6.07 Å². The number of hydrogen-bond donors (Lipinski definition) is 1. The van der Waals surface area contributed by atoms with Crippen LogP contribution in [0, 0.1) is 5.92 Å². The van der Waals surface area contributed by atoms with Gasteiger partial charge in [-0.1, -0.05) is 19.3 Å². The van der Waals surface area contributed by atoms with Crippen LogP contribution in [0.5, 0.6) is 0 Å². The topological polar surface area (TPSA) is 55.6 Å². The summed E-state index contributed by atoms with van der Waals surface area (Å²) in [6, 6.07) is 5.43. The second-order valence-corrected chi connectivity index (χ2v) is 5.88. The number of anilines is 2. The van der Waals surface area contributed by atoms with Gasteiger partial charge in [0.25, 0.3) is 0 Å². The molecule has 1 aliphatic rings. The molecule has 0 spiro atoms. The third-order valence-electron chi connectivity index (χ3n) is 4.21. The molecular formula is C17H26N2O2. The zero-order chi connectivity index (χ0) is 15.2. The smallest absolute Gasteiger partial charge is 0.338 e. The quantitative estimate of drug-likeness (QED) is 0.666. The number of nitrogens with two attached hydrogens (primary N) is 1. The molecule has 4 heteroatoms. The fourth-order valence-electron chi connectivity index (χ4n) is 3.10. The zero-order valence-corrected chi connectivity index (χ0v) is 13.1. The van der Waals surface area contributed by atoms with E-state index in [2.05, 4.69) is 11.9 Å². The lowest BCUT2D eigenvalue weighted by Gasteiger charge is -2.29. The number of nitrogens with zero attached hydrogens (tertiary/aromatic N) is 1. The summed E-state index contributed by atoms with van der Waals surface area (Å²) in [6.45, 7) is 3.21. The van der Waals surface area contributed by atoms with Gasteiger partial charge >= 0.3 is 5.97 Å². The standard InChI is InChI=1S/C17H26N2O2/c1-3-21-17(20)14-9-10-16(15(18)11-14)19(2)12-13-7-5-4-6-8-13/h9-11,13H,3-8,12,18H2,1-2H3. The Morgan fingerprint density at radius 1 is 1.33 bits per heavy atom. The molecule has 21 heavy (non-hydrogen) atoms. The highest BCUT2D eigenvalue weighted by molar-refractivity contribution is 5.92. The molecule has 0 aliphatic heterocycles. The van der Waals surface area contributed by atoms with Crippen LogP contribution < -0.4 is 10.6 Å². The highest BCUT2D eigenvalue weighted by atomic mass is 16.5. The summed E-state index contributed by atoms with van der Waals surface area (Å²) in [5.41, 5.74) is 8.26. The van der Waals surface area contributed by atoms with Crippen molar-refractivity contribution in [1.82, 2.24) is 0 Å². The normalized spacial score (nSPS) is 15.7. The van der Waals surface area contributed by atoms with E-state index in [1.165, 1.54) is 32.1 Å². The summed E-state index contributed by atoms with van der Waals surface area (Å²) in [6.07, 6.45) is 6.68. The van der Waals surface area contributed by atoms with Crippen LogP contribution in [-0.4, -0.2) is 26.2 Å². The number of nitrogen functional groups attached to an aromatic ring is 1. The maximum atomic E-state index is 11.7. The van der Waals surface area contributed by atoms with Crippen LogP contribution in [0.4, 0.5) is 11.4 Å². The average molecular weight is 290 g/mol. The molecule has 0 radical (unpaired) electrons. The first-order chi connectivity index (χ1) is 10.1. The molecule has 2 N–H and O–H groups in total. The fraction of sp³-hybridized carbons (Fsp3) is 0.588. The van der Waals surface area contributed by atoms with E-state index in [9.17, 15) is 4.79 Å². The van der Waals surface area contributed by atoms with Gasteiger partial charge in [-0.2, -0.15) is 0 Å². The molecule has 1 aliphatic carbocycles. The summed E-state index contributed by atoms with van der Waals surface area (Å²) in [5, 5.41) is 0. The number of ether oxygens (including phenoxy) is 1. The van der Waals surface area contributed by atoms with Crippen molar-refractivity contribution in [2.24, 2.45) is 5.92 Å². The first-order valence-corrected chi connectivity index (χ1v) is 7.89. The third-order valence-corrected chi connectivity index (χ3v) is 4.21. The van der Waals surface area contributed by atoms with E-state index in [1.54, 1.807) is 19.1 Å². The van der Waals surface area contributed by atoms with Crippen LogP contribution >= 0.6 is 0 Å². The minimum absolute atomic E-state index is 0.314. The van der Waals surface area contributed by atoms with Gasteiger partial charge in [0, 0.05) is 13.6 Å². The minimum Gasteiger partial charge on any atom is -0.462 e. The molecule has 0 amide bonds. The average Bonchev–Trinajstić information content (AvgIpc) is 2.48. The molecular weight excluding hydrogens is 264 g/mol. The van der Waals surface area contributed by atoms with Crippen molar-refractivity contribution in [3.8, 4) is 0 Å². The van der Waals surface area contributed by atoms with E-state index in [4.69, 9.17) is 10.5 Å². The van der Waals surface area contributed by atoms with Gasteiger partial charge in [-0.3, -0.25) is 0 Å². The molecule has 0 saturated heterocycles. The number of rotatable bonds is 5. The maximum Gasteiger partial charge on any atom is 0.338 e. The molecule has 1 fully saturated rings. The summed E-state index contributed by atoms with van der Waals surface area (Å²) in [7, 11) is 2.07. The van der Waals surface area contributed by atoms with Gasteiger partial charge in [0.15, 0.2) is 0 Å². The van der Waals surface area contributed by atoms with Gasteiger partial charge in [-0.15, -0.1) is 0 Å². The summed E-state index contributed by atoms with van der Waals surface area (Å²) in [5.74, 6) is 0.443. The first-order valence-electron chi connectivity index (χ1n) is 7.89. The summed E-state index contributed by atoms with van der Waals surface area (Å²) < 4.78 is 5.00.